The fourth-order valence-electron chi connectivity index (χ4n) is 7.28. The van der Waals surface area contributed by atoms with E-state index in [0.29, 0.717) is 0 Å². The summed E-state index contributed by atoms with van der Waals surface area (Å²) in [5, 5.41) is 13.0. The number of benzene rings is 8. The molecule has 9 rings (SSSR count). The van der Waals surface area contributed by atoms with Gasteiger partial charge in [0.25, 0.3) is 0 Å². The zero-order valence-corrected chi connectivity index (χ0v) is 29.7. The Kier molecular flexibility index (Phi) is 8.56. The van der Waals surface area contributed by atoms with Crippen LogP contribution in [0.5, 0.6) is 0 Å². The van der Waals surface area contributed by atoms with Crippen LogP contribution in [0, 0.1) is 0 Å². The number of fused-ring (bicyclic) bond motifs is 2. The molecule has 1 heterocycles. The normalized spacial score (nSPS) is 11.5. The van der Waals surface area contributed by atoms with Gasteiger partial charge in [0.15, 0.2) is 0 Å². The molecule has 0 radical (unpaired) electrons. The van der Waals surface area contributed by atoms with Crippen LogP contribution in [-0.2, 0) is 0 Å². The Hall–Kier alpha value is -5.65. The first-order valence-electron chi connectivity index (χ1n) is 17.2. The molecule has 0 spiro atoms. The van der Waals surface area contributed by atoms with Crippen molar-refractivity contribution in [3.05, 3.63) is 207 Å². The first-order valence-corrected chi connectivity index (χ1v) is 19.9. The lowest BCUT2D eigenvalue weighted by atomic mass is 9.93. The summed E-state index contributed by atoms with van der Waals surface area (Å²) >= 11 is 0. The maximum Gasteiger partial charge on any atom is 0.0991 e. The maximum absolute atomic E-state index is 4.43. The molecule has 0 fully saturated rings. The number of rotatable bonds is 8. The van der Waals surface area contributed by atoms with Gasteiger partial charge in [0, 0.05) is 17.8 Å². The highest BCUT2D eigenvalue weighted by molar-refractivity contribution is 7.80. The molecule has 9 aromatic rings. The molecule has 0 N–H and O–H groups in total. The van der Waals surface area contributed by atoms with E-state index >= 15 is 0 Å². The van der Waals surface area contributed by atoms with E-state index < -0.39 is 15.8 Å². The van der Waals surface area contributed by atoms with Crippen molar-refractivity contribution in [1.29, 1.82) is 0 Å². The Bertz CT molecular complexity index is 2490. The van der Waals surface area contributed by atoms with E-state index in [1.807, 2.05) is 18.7 Å². The minimum Gasteiger partial charge on any atom is -0.306 e. The van der Waals surface area contributed by atoms with Crippen molar-refractivity contribution in [3.63, 3.8) is 0 Å². The highest BCUT2D eigenvalue weighted by Crippen LogP contribution is 2.46. The maximum atomic E-state index is 4.43. The van der Waals surface area contributed by atoms with Crippen LogP contribution >= 0.6 is 15.8 Å². The number of hydrogen-bond donors (Lipinski definition) is 0. The molecule has 0 saturated carbocycles. The Morgan fingerprint density at radius 3 is 1.37 bits per heavy atom. The summed E-state index contributed by atoms with van der Waals surface area (Å²) in [7, 11) is -1.84. The van der Waals surface area contributed by atoms with Crippen LogP contribution in [0.25, 0.3) is 38.4 Å². The number of hydrogen-bond acceptors (Lipinski definition) is 1. The van der Waals surface area contributed by atoms with Gasteiger partial charge in [-0.3, -0.25) is 0 Å². The van der Waals surface area contributed by atoms with Crippen molar-refractivity contribution in [3.8, 4) is 16.8 Å². The lowest BCUT2D eigenvalue weighted by molar-refractivity contribution is 1.07. The summed E-state index contributed by atoms with van der Waals surface area (Å²) < 4.78 is 2.13. The molecule has 51 heavy (non-hydrogen) atoms. The van der Waals surface area contributed by atoms with Crippen LogP contribution in [-0.4, -0.2) is 9.55 Å². The Labute approximate surface area is 301 Å². The van der Waals surface area contributed by atoms with Gasteiger partial charge in [0.1, 0.15) is 0 Å². The van der Waals surface area contributed by atoms with Crippen LogP contribution in [0.3, 0.4) is 0 Å². The van der Waals surface area contributed by atoms with E-state index in [1.54, 1.807) is 0 Å². The van der Waals surface area contributed by atoms with Crippen LogP contribution in [0.1, 0.15) is 0 Å². The molecule has 0 unspecified atom stereocenters. The lowest BCUT2D eigenvalue weighted by Crippen LogP contribution is -2.26. The quantitative estimate of drug-likeness (QED) is 0.146. The van der Waals surface area contributed by atoms with Gasteiger partial charge in [-0.15, -0.1) is 0 Å². The third-order valence-corrected chi connectivity index (χ3v) is 14.5. The van der Waals surface area contributed by atoms with Gasteiger partial charge in [0.05, 0.1) is 12.0 Å². The van der Waals surface area contributed by atoms with E-state index in [-0.39, 0.29) is 0 Å². The van der Waals surface area contributed by atoms with Gasteiger partial charge in [-0.2, -0.15) is 0 Å². The molecule has 1 aromatic heterocycles. The molecule has 0 aliphatic carbocycles. The molecule has 0 atom stereocenters. The minimum absolute atomic E-state index is 0.911. The fourth-order valence-corrected chi connectivity index (χ4v) is 12.2. The topological polar surface area (TPSA) is 17.8 Å². The monoisotopic (exact) mass is 688 g/mol. The second-order valence-corrected chi connectivity index (χ2v) is 16.9. The van der Waals surface area contributed by atoms with Gasteiger partial charge in [-0.05, 0) is 81.0 Å². The van der Waals surface area contributed by atoms with Crippen molar-refractivity contribution in [2.75, 3.05) is 0 Å². The summed E-state index contributed by atoms with van der Waals surface area (Å²) in [5.41, 5.74) is 3.74. The van der Waals surface area contributed by atoms with Crippen molar-refractivity contribution < 1.29 is 0 Å². The molecular weight excluding hydrogens is 654 g/mol. The Morgan fingerprint density at radius 1 is 0.373 bits per heavy atom. The highest BCUT2D eigenvalue weighted by Gasteiger charge is 2.28. The zero-order valence-electron chi connectivity index (χ0n) is 27.9. The van der Waals surface area contributed by atoms with E-state index in [4.69, 9.17) is 0 Å². The molecule has 0 amide bonds. The number of imidazole rings is 1. The van der Waals surface area contributed by atoms with Gasteiger partial charge in [-0.1, -0.05) is 182 Å². The predicted octanol–water partition coefficient (Wildman–Crippen LogP) is 9.36. The van der Waals surface area contributed by atoms with E-state index in [0.717, 1.165) is 5.69 Å². The van der Waals surface area contributed by atoms with E-state index in [9.17, 15) is 0 Å². The molecule has 0 aliphatic rings. The standard InChI is InChI=1S/C47H34N2P2/c1-5-17-36(18-6-1)50(37-19-7-2-8-20-37)44-30-28-35-16-13-14-25-40(35)46(44)47-42-26-15-27-43(49-33-32-48-34-49)41(42)29-31-45(47)51(38-21-9-3-10-22-38)39-23-11-4-12-24-39/h1-34H. The molecule has 8 aromatic carbocycles. The average Bonchev–Trinajstić information content (AvgIpc) is 3.75. The predicted molar refractivity (Wildman–Crippen MR) is 221 cm³/mol. The third kappa shape index (κ3) is 5.88. The van der Waals surface area contributed by atoms with E-state index in [1.165, 1.54) is 64.5 Å². The summed E-state index contributed by atoms with van der Waals surface area (Å²) in [6, 6.07) is 69.5. The van der Waals surface area contributed by atoms with Crippen LogP contribution in [0.4, 0.5) is 0 Å². The van der Waals surface area contributed by atoms with Crippen molar-refractivity contribution >= 4 is 69.2 Å². The second-order valence-electron chi connectivity index (χ2n) is 12.5. The Morgan fingerprint density at radius 2 is 0.843 bits per heavy atom. The fraction of sp³-hybridized carbons (Fsp3) is 0. The zero-order chi connectivity index (χ0) is 34.0. The van der Waals surface area contributed by atoms with Crippen molar-refractivity contribution in [2.45, 2.75) is 0 Å². The molecule has 0 bridgehead atoms. The summed E-state index contributed by atoms with van der Waals surface area (Å²) in [4.78, 5) is 4.43. The summed E-state index contributed by atoms with van der Waals surface area (Å²) in [6.07, 6.45) is 5.79. The lowest BCUT2D eigenvalue weighted by Gasteiger charge is -2.28. The summed E-state index contributed by atoms with van der Waals surface area (Å²) in [5.74, 6) is 0. The van der Waals surface area contributed by atoms with Crippen molar-refractivity contribution in [2.24, 2.45) is 0 Å². The molecule has 0 saturated heterocycles. The van der Waals surface area contributed by atoms with Crippen LogP contribution in [0.15, 0.2) is 207 Å². The Balaban J connectivity index is 1.46. The average molecular weight is 689 g/mol. The smallest absolute Gasteiger partial charge is 0.0991 e. The number of nitrogens with zero attached hydrogens (tertiary/aromatic N) is 2. The molecule has 2 nitrogen and oxygen atoms in total. The highest BCUT2D eigenvalue weighted by atomic mass is 31.1. The molecule has 242 valence electrons. The number of aromatic nitrogens is 2. The van der Waals surface area contributed by atoms with Gasteiger partial charge in [-0.25, -0.2) is 4.98 Å². The van der Waals surface area contributed by atoms with Gasteiger partial charge in [0.2, 0.25) is 0 Å². The largest absolute Gasteiger partial charge is 0.306 e. The van der Waals surface area contributed by atoms with E-state index in [2.05, 4.69) is 198 Å². The van der Waals surface area contributed by atoms with Crippen molar-refractivity contribution in [1.82, 2.24) is 9.55 Å². The minimum atomic E-state index is -0.926. The SMILES string of the molecule is c1ccc(P(c2ccccc2)c2ccc3ccccc3c2-c2c(P(c3ccccc3)c3ccccc3)ccc3c(-n4ccnc4)cccc23)cc1. The first-order chi connectivity index (χ1) is 25.3. The summed E-state index contributed by atoms with van der Waals surface area (Å²) in [6.45, 7) is 0. The third-order valence-electron chi connectivity index (χ3n) is 9.50. The molecule has 0 aliphatic heterocycles. The molecular formula is C47H34N2P2. The van der Waals surface area contributed by atoms with Gasteiger partial charge >= 0.3 is 0 Å². The first kappa shape index (κ1) is 31.3. The second kappa shape index (κ2) is 13.9. The van der Waals surface area contributed by atoms with Crippen LogP contribution in [0.2, 0.25) is 0 Å². The van der Waals surface area contributed by atoms with Crippen LogP contribution < -0.4 is 31.8 Å². The molecule has 4 heteroatoms. The van der Waals surface area contributed by atoms with Gasteiger partial charge < -0.3 is 4.57 Å².